The predicted molar refractivity (Wildman–Crippen MR) is 221 cm³/mol. The number of aromatic nitrogens is 3. The summed E-state index contributed by atoms with van der Waals surface area (Å²) >= 11 is 0. The molecule has 254 valence electrons. The Balaban J connectivity index is 1.07. The molecule has 0 unspecified atom stereocenters. The second kappa shape index (κ2) is 11.8. The monoisotopic (exact) mass is 673 g/mol. The van der Waals surface area contributed by atoms with Gasteiger partial charge in [-0.25, -0.2) is 0 Å². The lowest BCUT2D eigenvalue weighted by atomic mass is 9.85. The summed E-state index contributed by atoms with van der Waals surface area (Å²) < 4.78 is 4.77. The van der Waals surface area contributed by atoms with Crippen LogP contribution in [-0.4, -0.2) is 14.1 Å². The molecule has 0 bridgehead atoms. The van der Waals surface area contributed by atoms with Crippen molar-refractivity contribution in [2.75, 3.05) is 0 Å². The minimum Gasteiger partial charge on any atom is -0.309 e. The lowest BCUT2D eigenvalue weighted by Crippen LogP contribution is -2.10. The zero-order valence-corrected chi connectivity index (χ0v) is 30.8. The van der Waals surface area contributed by atoms with Crippen molar-refractivity contribution >= 4 is 43.6 Å². The highest BCUT2D eigenvalue weighted by molar-refractivity contribution is 6.10. The van der Waals surface area contributed by atoms with Gasteiger partial charge in [0, 0.05) is 56.4 Å². The number of para-hydroxylation sites is 2. The molecule has 0 spiro atoms. The van der Waals surface area contributed by atoms with Crippen LogP contribution in [0.1, 0.15) is 52.7 Å². The lowest BCUT2D eigenvalue weighted by Gasteiger charge is -2.19. The Labute approximate surface area is 305 Å². The van der Waals surface area contributed by atoms with E-state index >= 15 is 0 Å². The zero-order valence-electron chi connectivity index (χ0n) is 30.8. The highest BCUT2D eigenvalue weighted by Gasteiger charge is 2.21. The van der Waals surface area contributed by atoms with Crippen molar-refractivity contribution in [3.63, 3.8) is 0 Å². The average molecular weight is 674 g/mol. The van der Waals surface area contributed by atoms with Crippen LogP contribution in [0.25, 0.3) is 77.2 Å². The number of hydrogen-bond donors (Lipinski definition) is 0. The van der Waals surface area contributed by atoms with Gasteiger partial charge in [0.05, 0.1) is 22.1 Å². The molecule has 0 atom stereocenters. The topological polar surface area (TPSA) is 22.8 Å². The first kappa shape index (κ1) is 32.0. The Hall–Kier alpha value is -5.93. The van der Waals surface area contributed by atoms with E-state index in [0.29, 0.717) is 0 Å². The van der Waals surface area contributed by atoms with Crippen molar-refractivity contribution in [2.45, 2.75) is 52.4 Å². The molecular weight excluding hydrogens is 631 g/mol. The first-order chi connectivity index (χ1) is 25.0. The highest BCUT2D eigenvalue weighted by Crippen LogP contribution is 2.38. The van der Waals surface area contributed by atoms with Crippen LogP contribution >= 0.6 is 0 Å². The Bertz CT molecular complexity index is 2660. The molecule has 9 aromatic rings. The van der Waals surface area contributed by atoms with E-state index in [9.17, 15) is 0 Å². The molecule has 3 heteroatoms. The van der Waals surface area contributed by atoms with E-state index in [1.807, 2.05) is 12.4 Å². The molecule has 0 aliphatic heterocycles. The molecular formula is C49H43N3. The van der Waals surface area contributed by atoms with Gasteiger partial charge in [-0.05, 0) is 99.8 Å². The quantitative estimate of drug-likeness (QED) is 0.182. The summed E-state index contributed by atoms with van der Waals surface area (Å²) in [6, 6.07) is 51.4. The predicted octanol–water partition coefficient (Wildman–Crippen LogP) is 13.2. The molecule has 0 aliphatic rings. The molecule has 0 saturated heterocycles. The maximum absolute atomic E-state index is 4.69. The Morgan fingerprint density at radius 1 is 0.365 bits per heavy atom. The molecule has 3 nitrogen and oxygen atoms in total. The van der Waals surface area contributed by atoms with Crippen LogP contribution < -0.4 is 0 Å². The van der Waals surface area contributed by atoms with Crippen molar-refractivity contribution in [1.29, 1.82) is 0 Å². The third-order valence-corrected chi connectivity index (χ3v) is 10.7. The highest BCUT2D eigenvalue weighted by atomic mass is 15.0. The Morgan fingerprint density at radius 2 is 0.750 bits per heavy atom. The number of benzene rings is 6. The fourth-order valence-corrected chi connectivity index (χ4v) is 7.80. The Morgan fingerprint density at radius 3 is 1.15 bits per heavy atom. The van der Waals surface area contributed by atoms with E-state index in [0.717, 1.165) is 33.6 Å². The van der Waals surface area contributed by atoms with E-state index in [1.165, 1.54) is 54.7 Å². The van der Waals surface area contributed by atoms with Gasteiger partial charge in [-0.3, -0.25) is 4.98 Å². The second-order valence-electron chi connectivity index (χ2n) is 16.2. The summed E-state index contributed by atoms with van der Waals surface area (Å²) in [6.45, 7) is 13.7. The fourth-order valence-electron chi connectivity index (χ4n) is 7.80. The first-order valence-electron chi connectivity index (χ1n) is 18.3. The van der Waals surface area contributed by atoms with Gasteiger partial charge >= 0.3 is 0 Å². The Kier molecular flexibility index (Phi) is 7.27. The van der Waals surface area contributed by atoms with Gasteiger partial charge < -0.3 is 9.13 Å². The van der Waals surface area contributed by atoms with Crippen LogP contribution in [0.5, 0.6) is 0 Å². The summed E-state index contributed by atoms with van der Waals surface area (Å²) in [5, 5.41) is 5.15. The van der Waals surface area contributed by atoms with Crippen LogP contribution in [0.2, 0.25) is 0 Å². The van der Waals surface area contributed by atoms with Gasteiger partial charge in [0.15, 0.2) is 0 Å². The standard InChI is InChI=1S/C49H43N3/c1-48(2,3)36-19-25-46-42(28-36)43-29-37(49(4,5)6)20-26-47(43)52(46)39-23-17-33(18-24-39)35-27-34(30-50-31-35)32-15-21-38(22-16-32)51-44-13-9-7-11-40(44)41-12-8-10-14-45(41)51/h7-31H,1-6H3. The number of rotatable bonds is 4. The molecule has 0 saturated carbocycles. The van der Waals surface area contributed by atoms with Gasteiger partial charge in [0.1, 0.15) is 0 Å². The van der Waals surface area contributed by atoms with Crippen molar-refractivity contribution < 1.29 is 0 Å². The number of pyridine rings is 1. The van der Waals surface area contributed by atoms with E-state index < -0.39 is 0 Å². The summed E-state index contributed by atoms with van der Waals surface area (Å²) in [5.74, 6) is 0. The molecule has 3 aromatic heterocycles. The summed E-state index contributed by atoms with van der Waals surface area (Å²) in [6.07, 6.45) is 3.93. The minimum absolute atomic E-state index is 0.0723. The molecule has 6 aromatic carbocycles. The maximum atomic E-state index is 4.69. The molecule has 0 fully saturated rings. The smallest absolute Gasteiger partial charge is 0.0541 e. The number of nitrogens with zero attached hydrogens (tertiary/aromatic N) is 3. The van der Waals surface area contributed by atoms with E-state index in [-0.39, 0.29) is 10.8 Å². The van der Waals surface area contributed by atoms with Crippen LogP contribution in [0.15, 0.2) is 152 Å². The largest absolute Gasteiger partial charge is 0.309 e. The van der Waals surface area contributed by atoms with Crippen molar-refractivity contribution in [2.24, 2.45) is 0 Å². The summed E-state index contributed by atoms with van der Waals surface area (Å²) in [7, 11) is 0. The van der Waals surface area contributed by atoms with E-state index in [1.54, 1.807) is 0 Å². The second-order valence-corrected chi connectivity index (χ2v) is 16.2. The van der Waals surface area contributed by atoms with Crippen molar-refractivity contribution in [1.82, 2.24) is 14.1 Å². The molecule has 0 N–H and O–H groups in total. The van der Waals surface area contributed by atoms with Gasteiger partial charge in [0.2, 0.25) is 0 Å². The van der Waals surface area contributed by atoms with Crippen molar-refractivity contribution in [3.8, 4) is 33.6 Å². The maximum Gasteiger partial charge on any atom is 0.0541 e. The molecule has 0 amide bonds. The molecule has 52 heavy (non-hydrogen) atoms. The van der Waals surface area contributed by atoms with Gasteiger partial charge in [-0.1, -0.05) is 114 Å². The van der Waals surface area contributed by atoms with Gasteiger partial charge in [-0.15, -0.1) is 0 Å². The normalized spacial score (nSPS) is 12.4. The number of hydrogen-bond acceptors (Lipinski definition) is 1. The number of fused-ring (bicyclic) bond motifs is 6. The first-order valence-corrected chi connectivity index (χ1v) is 18.3. The summed E-state index contributed by atoms with van der Waals surface area (Å²) in [5.41, 5.74) is 14.5. The molecule has 3 heterocycles. The molecule has 9 rings (SSSR count). The van der Waals surface area contributed by atoms with Gasteiger partial charge in [-0.2, -0.15) is 0 Å². The van der Waals surface area contributed by atoms with Gasteiger partial charge in [0.25, 0.3) is 0 Å². The molecule has 0 radical (unpaired) electrons. The average Bonchev–Trinajstić information content (AvgIpc) is 3.67. The van der Waals surface area contributed by atoms with E-state index in [4.69, 9.17) is 4.98 Å². The molecule has 0 aliphatic carbocycles. The van der Waals surface area contributed by atoms with Crippen LogP contribution in [0.4, 0.5) is 0 Å². The summed E-state index contributed by atoms with van der Waals surface area (Å²) in [4.78, 5) is 4.69. The SMILES string of the molecule is CC(C)(C)c1ccc2c(c1)c1cc(C(C)(C)C)ccc1n2-c1ccc(-c2cncc(-c3ccc(-n4c5ccccc5c5ccccc54)cc3)c2)cc1. The minimum atomic E-state index is 0.0723. The third kappa shape index (κ3) is 5.31. The fraction of sp³-hybridized carbons (Fsp3) is 0.163. The van der Waals surface area contributed by atoms with Crippen LogP contribution in [-0.2, 0) is 10.8 Å². The van der Waals surface area contributed by atoms with Crippen LogP contribution in [0.3, 0.4) is 0 Å². The van der Waals surface area contributed by atoms with Crippen LogP contribution in [0, 0.1) is 0 Å². The zero-order chi connectivity index (χ0) is 35.8. The third-order valence-electron chi connectivity index (χ3n) is 10.7. The van der Waals surface area contributed by atoms with Crippen molar-refractivity contribution in [3.05, 3.63) is 163 Å². The van der Waals surface area contributed by atoms with E-state index in [2.05, 4.69) is 190 Å². The lowest BCUT2D eigenvalue weighted by molar-refractivity contribution is 0.590.